The number of halogens is 1. The predicted octanol–water partition coefficient (Wildman–Crippen LogP) is 5.08. The Hall–Kier alpha value is -1.36. The minimum atomic E-state index is -0.0382. The Labute approximate surface area is 146 Å². The van der Waals surface area contributed by atoms with E-state index >= 15 is 0 Å². The molecule has 0 aliphatic heterocycles. The number of hydrogen-bond donors (Lipinski definition) is 1. The molecular weight excluding hydrogens is 385 g/mol. The lowest BCUT2D eigenvalue weighted by atomic mass is 9.86. The van der Waals surface area contributed by atoms with Gasteiger partial charge in [-0.15, -0.1) is 0 Å². The summed E-state index contributed by atoms with van der Waals surface area (Å²) in [4.78, 5) is 12.3. The molecule has 0 fully saturated rings. The molecule has 116 valence electrons. The van der Waals surface area contributed by atoms with E-state index in [4.69, 9.17) is 0 Å². The van der Waals surface area contributed by atoms with Crippen LogP contribution in [0.25, 0.3) is 0 Å². The van der Waals surface area contributed by atoms with E-state index in [0.717, 1.165) is 9.13 Å². The summed E-state index contributed by atoms with van der Waals surface area (Å²) < 4.78 is 1.12. The summed E-state index contributed by atoms with van der Waals surface area (Å²) in [7, 11) is 0. The summed E-state index contributed by atoms with van der Waals surface area (Å²) in [6, 6.07) is 16.1. The van der Waals surface area contributed by atoms with Gasteiger partial charge in [-0.1, -0.05) is 45.0 Å². The highest BCUT2D eigenvalue weighted by Crippen LogP contribution is 2.24. The van der Waals surface area contributed by atoms with Crippen LogP contribution in [0.2, 0.25) is 0 Å². The Morgan fingerprint density at radius 2 is 1.55 bits per heavy atom. The third-order valence-corrected chi connectivity index (χ3v) is 4.45. The van der Waals surface area contributed by atoms with Crippen LogP contribution in [-0.2, 0) is 5.41 Å². The van der Waals surface area contributed by atoms with Gasteiger partial charge in [0.05, 0.1) is 6.04 Å². The summed E-state index contributed by atoms with van der Waals surface area (Å²) in [5.41, 5.74) is 3.25. The molecule has 2 aromatic carbocycles. The maximum atomic E-state index is 12.3. The predicted molar refractivity (Wildman–Crippen MR) is 100 cm³/mol. The van der Waals surface area contributed by atoms with Crippen molar-refractivity contribution in [1.82, 2.24) is 5.32 Å². The van der Waals surface area contributed by atoms with E-state index in [1.54, 1.807) is 0 Å². The van der Waals surface area contributed by atoms with E-state index in [1.807, 2.05) is 31.2 Å². The standard InChI is InChI=1S/C19H22INO/c1-13(14-5-9-16(10-6-14)19(2,3)4)21-18(22)15-7-11-17(20)12-8-15/h5-13H,1-4H3,(H,21,22)/t13-/m0/s1. The third kappa shape index (κ3) is 4.32. The van der Waals surface area contributed by atoms with Crippen molar-refractivity contribution < 1.29 is 4.79 Å². The number of benzene rings is 2. The van der Waals surface area contributed by atoms with Crippen LogP contribution in [0.1, 0.15) is 55.2 Å². The highest BCUT2D eigenvalue weighted by Gasteiger charge is 2.15. The second-order valence-electron chi connectivity index (χ2n) is 6.57. The summed E-state index contributed by atoms with van der Waals surface area (Å²) in [6.07, 6.45) is 0. The molecule has 2 nitrogen and oxygen atoms in total. The van der Waals surface area contributed by atoms with Gasteiger partial charge in [-0.25, -0.2) is 0 Å². The number of amides is 1. The average molecular weight is 407 g/mol. The first-order valence-corrected chi connectivity index (χ1v) is 8.52. The lowest BCUT2D eigenvalue weighted by molar-refractivity contribution is 0.0940. The summed E-state index contributed by atoms with van der Waals surface area (Å²) >= 11 is 2.23. The zero-order chi connectivity index (χ0) is 16.3. The zero-order valence-corrected chi connectivity index (χ0v) is 15.6. The smallest absolute Gasteiger partial charge is 0.251 e. The highest BCUT2D eigenvalue weighted by molar-refractivity contribution is 14.1. The van der Waals surface area contributed by atoms with Crippen molar-refractivity contribution in [2.45, 2.75) is 39.2 Å². The molecule has 0 unspecified atom stereocenters. The number of carbonyl (C=O) groups excluding carboxylic acids is 1. The molecule has 1 atom stereocenters. The highest BCUT2D eigenvalue weighted by atomic mass is 127. The molecule has 0 saturated carbocycles. The molecule has 0 saturated heterocycles. The van der Waals surface area contributed by atoms with Crippen molar-refractivity contribution in [3.63, 3.8) is 0 Å². The van der Waals surface area contributed by atoms with E-state index < -0.39 is 0 Å². The fourth-order valence-corrected chi connectivity index (χ4v) is 2.60. The first-order chi connectivity index (χ1) is 10.3. The quantitative estimate of drug-likeness (QED) is 0.707. The van der Waals surface area contributed by atoms with Crippen LogP contribution in [0.5, 0.6) is 0 Å². The van der Waals surface area contributed by atoms with Crippen LogP contribution >= 0.6 is 22.6 Å². The number of rotatable bonds is 3. The zero-order valence-electron chi connectivity index (χ0n) is 13.5. The Balaban J connectivity index is 2.07. The Bertz CT molecular complexity index is 639. The SMILES string of the molecule is C[C@H](NC(=O)c1ccc(I)cc1)c1ccc(C(C)(C)C)cc1. The number of hydrogen-bond acceptors (Lipinski definition) is 1. The molecule has 0 aliphatic rings. The van der Waals surface area contributed by atoms with Crippen molar-refractivity contribution >= 4 is 28.5 Å². The van der Waals surface area contributed by atoms with E-state index in [-0.39, 0.29) is 17.4 Å². The molecule has 0 heterocycles. The molecule has 2 rings (SSSR count). The van der Waals surface area contributed by atoms with Crippen LogP contribution in [-0.4, -0.2) is 5.91 Å². The van der Waals surface area contributed by atoms with Crippen LogP contribution in [0.4, 0.5) is 0 Å². The number of carbonyl (C=O) groups is 1. The fraction of sp³-hybridized carbons (Fsp3) is 0.316. The topological polar surface area (TPSA) is 29.1 Å². The van der Waals surface area contributed by atoms with Gasteiger partial charge in [0, 0.05) is 9.13 Å². The summed E-state index contributed by atoms with van der Waals surface area (Å²) in [5, 5.41) is 3.05. The molecular formula is C19H22INO. The van der Waals surface area contributed by atoms with Crippen molar-refractivity contribution in [3.8, 4) is 0 Å². The van der Waals surface area contributed by atoms with E-state index in [2.05, 4.69) is 72.9 Å². The van der Waals surface area contributed by atoms with Gasteiger partial charge in [0.15, 0.2) is 0 Å². The van der Waals surface area contributed by atoms with Crippen LogP contribution < -0.4 is 5.32 Å². The van der Waals surface area contributed by atoms with E-state index in [1.165, 1.54) is 5.56 Å². The van der Waals surface area contributed by atoms with Gasteiger partial charge >= 0.3 is 0 Å². The monoisotopic (exact) mass is 407 g/mol. The lowest BCUT2D eigenvalue weighted by Gasteiger charge is -2.20. The molecule has 0 bridgehead atoms. The fourth-order valence-electron chi connectivity index (χ4n) is 2.24. The molecule has 1 amide bonds. The molecule has 3 heteroatoms. The Morgan fingerprint density at radius 1 is 1.00 bits per heavy atom. The third-order valence-electron chi connectivity index (χ3n) is 3.73. The second kappa shape index (κ2) is 6.82. The molecule has 0 aliphatic carbocycles. The molecule has 22 heavy (non-hydrogen) atoms. The van der Waals surface area contributed by atoms with Gasteiger partial charge in [-0.05, 0) is 70.3 Å². The molecule has 1 N–H and O–H groups in total. The van der Waals surface area contributed by atoms with Gasteiger partial charge in [0.25, 0.3) is 5.91 Å². The lowest BCUT2D eigenvalue weighted by Crippen LogP contribution is -2.26. The summed E-state index contributed by atoms with van der Waals surface area (Å²) in [5.74, 6) is -0.0382. The van der Waals surface area contributed by atoms with Gasteiger partial charge in [0.2, 0.25) is 0 Å². The Kier molecular flexibility index (Phi) is 5.27. The van der Waals surface area contributed by atoms with Crippen molar-refractivity contribution in [3.05, 3.63) is 68.8 Å². The second-order valence-corrected chi connectivity index (χ2v) is 7.82. The van der Waals surface area contributed by atoms with Crippen LogP contribution in [0.3, 0.4) is 0 Å². The van der Waals surface area contributed by atoms with Crippen molar-refractivity contribution in [1.29, 1.82) is 0 Å². The van der Waals surface area contributed by atoms with E-state index in [9.17, 15) is 4.79 Å². The van der Waals surface area contributed by atoms with E-state index in [0.29, 0.717) is 5.56 Å². The normalized spacial score (nSPS) is 12.8. The van der Waals surface area contributed by atoms with Gasteiger partial charge in [-0.3, -0.25) is 4.79 Å². The van der Waals surface area contributed by atoms with Gasteiger partial charge in [0.1, 0.15) is 0 Å². The first kappa shape index (κ1) is 17.0. The molecule has 0 aromatic heterocycles. The minimum Gasteiger partial charge on any atom is -0.346 e. The maximum Gasteiger partial charge on any atom is 0.251 e. The largest absolute Gasteiger partial charge is 0.346 e. The average Bonchev–Trinajstić information content (AvgIpc) is 2.47. The van der Waals surface area contributed by atoms with Crippen LogP contribution in [0.15, 0.2) is 48.5 Å². The van der Waals surface area contributed by atoms with Crippen molar-refractivity contribution in [2.75, 3.05) is 0 Å². The molecule has 0 spiro atoms. The molecule has 2 aromatic rings. The maximum absolute atomic E-state index is 12.3. The van der Waals surface area contributed by atoms with Gasteiger partial charge < -0.3 is 5.32 Å². The number of nitrogens with one attached hydrogen (secondary N) is 1. The summed E-state index contributed by atoms with van der Waals surface area (Å²) in [6.45, 7) is 8.61. The minimum absolute atomic E-state index is 0.0132. The van der Waals surface area contributed by atoms with Crippen LogP contribution in [0, 0.1) is 3.57 Å². The first-order valence-electron chi connectivity index (χ1n) is 7.44. The van der Waals surface area contributed by atoms with Crippen molar-refractivity contribution in [2.24, 2.45) is 0 Å². The Morgan fingerprint density at radius 3 is 2.05 bits per heavy atom. The van der Waals surface area contributed by atoms with Gasteiger partial charge in [-0.2, -0.15) is 0 Å². The molecule has 0 radical (unpaired) electrons.